The zero-order valence-corrected chi connectivity index (χ0v) is 21.9. The van der Waals surface area contributed by atoms with E-state index in [4.69, 9.17) is 32.7 Å². The van der Waals surface area contributed by atoms with Gasteiger partial charge in [-0.2, -0.15) is 0 Å². The van der Waals surface area contributed by atoms with Gasteiger partial charge in [0.15, 0.2) is 0 Å². The van der Waals surface area contributed by atoms with Crippen molar-refractivity contribution in [2.75, 3.05) is 10.6 Å². The molecular formula is C24H12Cl2N6O10. The molecule has 1 aliphatic rings. The highest BCUT2D eigenvalue weighted by molar-refractivity contribution is 6.32. The predicted octanol–water partition coefficient (Wildman–Crippen LogP) is 8.01. The molecule has 0 saturated carbocycles. The first kappa shape index (κ1) is 27.8. The maximum absolute atomic E-state index is 11.8. The van der Waals surface area contributed by atoms with Crippen LogP contribution in [0.5, 0.6) is 23.0 Å². The minimum atomic E-state index is -0.879. The molecule has 4 aromatic rings. The summed E-state index contributed by atoms with van der Waals surface area (Å²) in [5.41, 5.74) is -3.07. The molecule has 1 heterocycles. The van der Waals surface area contributed by atoms with Gasteiger partial charge in [-0.25, -0.2) is 0 Å². The van der Waals surface area contributed by atoms with Crippen molar-refractivity contribution in [1.29, 1.82) is 0 Å². The molecule has 0 aliphatic carbocycles. The van der Waals surface area contributed by atoms with Crippen LogP contribution in [0.3, 0.4) is 0 Å². The van der Waals surface area contributed by atoms with Crippen LogP contribution in [0.15, 0.2) is 60.7 Å². The molecule has 18 heteroatoms. The van der Waals surface area contributed by atoms with Gasteiger partial charge in [0, 0.05) is 35.6 Å². The normalized spacial score (nSPS) is 11.7. The molecule has 212 valence electrons. The number of hydrogen-bond donors (Lipinski definition) is 2. The van der Waals surface area contributed by atoms with E-state index in [2.05, 4.69) is 10.6 Å². The Hall–Kier alpha value is -5.74. The molecule has 16 nitrogen and oxygen atoms in total. The molecule has 4 aromatic carbocycles. The van der Waals surface area contributed by atoms with Crippen molar-refractivity contribution in [3.63, 3.8) is 0 Å². The standard InChI is InChI=1S/C24H12Cl2N6O10/c25-13-3-1-11-5-21(13)41-24-8-16(18(30(35)36)10-20(24)32(39)40)28-12-2-4-14(26)22(6-12)42-23-7-15(27-11)17(29(33)34)9-19(23)31(37)38/h1-10,27-28H. The molecule has 0 unspecified atom stereocenters. The fourth-order valence-corrected chi connectivity index (χ4v) is 4.24. The summed E-state index contributed by atoms with van der Waals surface area (Å²) >= 11 is 12.5. The lowest BCUT2D eigenvalue weighted by atomic mass is 10.2. The highest BCUT2D eigenvalue weighted by Crippen LogP contribution is 2.46. The summed E-state index contributed by atoms with van der Waals surface area (Å²) < 4.78 is 11.5. The highest BCUT2D eigenvalue weighted by Gasteiger charge is 2.29. The Balaban J connectivity index is 1.80. The molecule has 0 saturated heterocycles. The number of anilines is 4. The number of nitro groups is 4. The van der Waals surface area contributed by atoms with Gasteiger partial charge < -0.3 is 20.1 Å². The van der Waals surface area contributed by atoms with E-state index >= 15 is 0 Å². The van der Waals surface area contributed by atoms with Crippen molar-refractivity contribution in [1.82, 2.24) is 0 Å². The molecule has 5 rings (SSSR count). The Morgan fingerprint density at radius 1 is 0.500 bits per heavy atom. The third-order valence-electron chi connectivity index (χ3n) is 5.80. The molecule has 0 fully saturated rings. The Morgan fingerprint density at radius 3 is 1.19 bits per heavy atom. The lowest BCUT2D eigenvalue weighted by molar-refractivity contribution is -0.394. The summed E-state index contributed by atoms with van der Waals surface area (Å²) in [6.07, 6.45) is 0. The molecule has 1 aliphatic heterocycles. The number of ether oxygens (including phenoxy) is 2. The zero-order valence-electron chi connectivity index (χ0n) is 20.4. The minimum Gasteiger partial charge on any atom is -0.448 e. The molecule has 8 bridgehead atoms. The number of nitrogens with one attached hydrogen (secondary N) is 2. The van der Waals surface area contributed by atoms with Gasteiger partial charge in [0.1, 0.15) is 35.0 Å². The first-order valence-electron chi connectivity index (χ1n) is 11.3. The number of rotatable bonds is 4. The van der Waals surface area contributed by atoms with Crippen molar-refractivity contribution in [2.24, 2.45) is 0 Å². The van der Waals surface area contributed by atoms with E-state index in [9.17, 15) is 40.5 Å². The second-order valence-electron chi connectivity index (χ2n) is 8.45. The number of halogens is 2. The number of hydrogen-bond acceptors (Lipinski definition) is 12. The second-order valence-corrected chi connectivity index (χ2v) is 9.26. The number of nitro benzene ring substituents is 4. The Kier molecular flexibility index (Phi) is 7.07. The van der Waals surface area contributed by atoms with Gasteiger partial charge in [-0.3, -0.25) is 40.5 Å². The predicted molar refractivity (Wildman–Crippen MR) is 149 cm³/mol. The summed E-state index contributed by atoms with van der Waals surface area (Å²) in [5.74, 6) is -1.17. The first-order valence-corrected chi connectivity index (χ1v) is 12.1. The SMILES string of the molecule is O=[N+]([O-])c1cc([N+](=O)[O-])c2cc1Nc1ccc(Cl)c(c1)Oc1cc(c([N+](=O)[O-])cc1[N+](=O)[O-])Nc1ccc(Cl)c(c1)O2. The van der Waals surface area contributed by atoms with Crippen molar-refractivity contribution in [3.8, 4) is 23.0 Å². The van der Waals surface area contributed by atoms with E-state index in [0.29, 0.717) is 12.1 Å². The zero-order chi connectivity index (χ0) is 30.3. The third-order valence-corrected chi connectivity index (χ3v) is 6.43. The number of nitrogens with zero attached hydrogens (tertiary/aromatic N) is 4. The second kappa shape index (κ2) is 10.7. The van der Waals surface area contributed by atoms with E-state index in [0.717, 1.165) is 12.1 Å². The molecular weight excluding hydrogens is 603 g/mol. The van der Waals surface area contributed by atoms with Gasteiger partial charge >= 0.3 is 11.4 Å². The summed E-state index contributed by atoms with van der Waals surface area (Å²) in [4.78, 5) is 43.8. The van der Waals surface area contributed by atoms with Crippen molar-refractivity contribution < 1.29 is 29.2 Å². The van der Waals surface area contributed by atoms with Gasteiger partial charge in [0.2, 0.25) is 11.5 Å². The van der Waals surface area contributed by atoms with Gasteiger partial charge in [-0.15, -0.1) is 0 Å². The van der Waals surface area contributed by atoms with Gasteiger partial charge in [0.05, 0.1) is 29.7 Å². The molecule has 0 aromatic heterocycles. The fourth-order valence-electron chi connectivity index (χ4n) is 3.93. The van der Waals surface area contributed by atoms with Crippen LogP contribution in [0.4, 0.5) is 45.5 Å². The molecule has 2 N–H and O–H groups in total. The van der Waals surface area contributed by atoms with Gasteiger partial charge in [-0.05, 0) is 24.3 Å². The van der Waals surface area contributed by atoms with Crippen molar-refractivity contribution in [3.05, 3.63) is 111 Å². The van der Waals surface area contributed by atoms with E-state index < -0.39 is 53.9 Å². The van der Waals surface area contributed by atoms with E-state index in [-0.39, 0.29) is 44.3 Å². The first-order chi connectivity index (χ1) is 19.9. The van der Waals surface area contributed by atoms with Crippen LogP contribution in [0.25, 0.3) is 0 Å². The summed E-state index contributed by atoms with van der Waals surface area (Å²) in [7, 11) is 0. The van der Waals surface area contributed by atoms with Crippen molar-refractivity contribution in [2.45, 2.75) is 0 Å². The van der Waals surface area contributed by atoms with Gasteiger partial charge in [0.25, 0.3) is 11.4 Å². The summed E-state index contributed by atoms with van der Waals surface area (Å²) in [5, 5.41) is 52.7. The third kappa shape index (κ3) is 5.34. The monoisotopic (exact) mass is 614 g/mol. The molecule has 0 atom stereocenters. The smallest absolute Gasteiger partial charge is 0.318 e. The van der Waals surface area contributed by atoms with E-state index in [1.165, 1.54) is 36.4 Å². The quantitative estimate of drug-likeness (QED) is 0.145. The lowest BCUT2D eigenvalue weighted by Gasteiger charge is -2.16. The van der Waals surface area contributed by atoms with E-state index in [1.807, 2.05) is 0 Å². The van der Waals surface area contributed by atoms with Gasteiger partial charge in [-0.1, -0.05) is 23.2 Å². The molecule has 0 radical (unpaired) electrons. The highest BCUT2D eigenvalue weighted by atomic mass is 35.5. The molecule has 0 amide bonds. The van der Waals surface area contributed by atoms with E-state index in [1.54, 1.807) is 0 Å². The average Bonchev–Trinajstić information content (AvgIpc) is 2.91. The van der Waals surface area contributed by atoms with Crippen LogP contribution in [0, 0.1) is 40.5 Å². The Morgan fingerprint density at radius 2 is 0.857 bits per heavy atom. The molecule has 0 spiro atoms. The topological polar surface area (TPSA) is 215 Å². The van der Waals surface area contributed by atoms with Crippen LogP contribution in [-0.2, 0) is 0 Å². The van der Waals surface area contributed by atoms with Crippen LogP contribution < -0.4 is 20.1 Å². The number of benzene rings is 4. The van der Waals surface area contributed by atoms with Crippen LogP contribution in [0.1, 0.15) is 0 Å². The Bertz CT molecular complexity index is 1720. The Labute approximate surface area is 242 Å². The summed E-state index contributed by atoms with van der Waals surface area (Å²) in [6, 6.07) is 11.3. The van der Waals surface area contributed by atoms with Crippen LogP contribution in [0.2, 0.25) is 10.0 Å². The lowest BCUT2D eigenvalue weighted by Crippen LogP contribution is -2.03. The maximum Gasteiger partial charge on any atom is 0.318 e. The largest absolute Gasteiger partial charge is 0.448 e. The van der Waals surface area contributed by atoms with Crippen LogP contribution in [-0.4, -0.2) is 19.7 Å². The number of fused-ring (bicyclic) bond motifs is 8. The molecule has 42 heavy (non-hydrogen) atoms. The maximum atomic E-state index is 11.8. The minimum absolute atomic E-state index is 0.0339. The van der Waals surface area contributed by atoms with Crippen LogP contribution >= 0.6 is 23.2 Å². The summed E-state index contributed by atoms with van der Waals surface area (Å²) in [6.45, 7) is 0. The van der Waals surface area contributed by atoms with Crippen molar-refractivity contribution >= 4 is 68.7 Å². The average molecular weight is 615 g/mol. The fraction of sp³-hybridized carbons (Fsp3) is 0.